The highest BCUT2D eigenvalue weighted by Crippen LogP contribution is 2.28. The van der Waals surface area contributed by atoms with Gasteiger partial charge in [-0.05, 0) is 48.4 Å². The molecule has 1 amide bonds. The summed E-state index contributed by atoms with van der Waals surface area (Å²) in [4.78, 5) is 19.0. The Morgan fingerprint density at radius 1 is 1.11 bits per heavy atom. The van der Waals surface area contributed by atoms with E-state index in [1.165, 1.54) is 42.5 Å². The molecule has 3 aromatic rings. The predicted molar refractivity (Wildman–Crippen MR) is 107 cm³/mol. The second-order valence-electron chi connectivity index (χ2n) is 7.02. The minimum atomic E-state index is 0.0299. The monoisotopic (exact) mass is 380 g/mol. The zero-order chi connectivity index (χ0) is 18.5. The summed E-state index contributed by atoms with van der Waals surface area (Å²) in [6.45, 7) is 1.17. The van der Waals surface area contributed by atoms with Crippen LogP contribution in [-0.4, -0.2) is 20.7 Å². The van der Waals surface area contributed by atoms with Crippen LogP contribution in [0, 0.1) is 0 Å². The van der Waals surface area contributed by atoms with Crippen LogP contribution in [0.1, 0.15) is 56.9 Å². The summed E-state index contributed by atoms with van der Waals surface area (Å²) in [5.74, 6) is 0.0299. The molecule has 27 heavy (non-hydrogen) atoms. The first-order chi connectivity index (χ1) is 13.3. The van der Waals surface area contributed by atoms with E-state index in [-0.39, 0.29) is 5.91 Å². The van der Waals surface area contributed by atoms with E-state index in [4.69, 9.17) is 0 Å². The van der Waals surface area contributed by atoms with Crippen LogP contribution >= 0.6 is 11.3 Å². The highest BCUT2D eigenvalue weighted by molar-refractivity contribution is 7.14. The number of amides is 1. The van der Waals surface area contributed by atoms with Crippen molar-refractivity contribution in [2.24, 2.45) is 0 Å². The van der Waals surface area contributed by atoms with Crippen LogP contribution < -0.4 is 5.32 Å². The smallest absolute Gasteiger partial charge is 0.261 e. The lowest BCUT2D eigenvalue weighted by Crippen LogP contribution is -2.22. The normalized spacial score (nSPS) is 14.2. The number of rotatable bonds is 5. The van der Waals surface area contributed by atoms with E-state index in [1.807, 2.05) is 12.1 Å². The summed E-state index contributed by atoms with van der Waals surface area (Å²) in [5.41, 5.74) is 3.63. The van der Waals surface area contributed by atoms with Gasteiger partial charge in [0.25, 0.3) is 5.91 Å². The quantitative estimate of drug-likeness (QED) is 0.728. The van der Waals surface area contributed by atoms with Crippen molar-refractivity contribution in [3.05, 3.63) is 69.4 Å². The SMILES string of the molecule is O=C(NCc1ccccc1Cn1cncn1)c1cc2c(s1)CCCCCC2. The molecule has 4 rings (SSSR count). The van der Waals surface area contributed by atoms with Crippen molar-refractivity contribution >= 4 is 17.2 Å². The van der Waals surface area contributed by atoms with Crippen molar-refractivity contribution in [1.29, 1.82) is 0 Å². The number of carbonyl (C=O) groups is 1. The maximum Gasteiger partial charge on any atom is 0.261 e. The molecule has 1 aliphatic rings. The zero-order valence-corrected chi connectivity index (χ0v) is 16.2. The number of hydrogen-bond acceptors (Lipinski definition) is 4. The average Bonchev–Trinajstić information content (AvgIpc) is 3.31. The minimum absolute atomic E-state index is 0.0299. The van der Waals surface area contributed by atoms with Gasteiger partial charge in [-0.3, -0.25) is 4.79 Å². The van der Waals surface area contributed by atoms with E-state index in [0.717, 1.165) is 28.8 Å². The van der Waals surface area contributed by atoms with E-state index in [9.17, 15) is 4.79 Å². The zero-order valence-electron chi connectivity index (χ0n) is 15.4. The van der Waals surface area contributed by atoms with Crippen LogP contribution in [0.5, 0.6) is 0 Å². The van der Waals surface area contributed by atoms with E-state index < -0.39 is 0 Å². The Bertz CT molecular complexity index is 875. The number of aryl methyl sites for hydroxylation is 2. The lowest BCUT2D eigenvalue weighted by Gasteiger charge is -2.10. The Kier molecular flexibility index (Phi) is 5.63. The third-order valence-electron chi connectivity index (χ3n) is 5.08. The van der Waals surface area contributed by atoms with Crippen molar-refractivity contribution < 1.29 is 4.79 Å². The van der Waals surface area contributed by atoms with Gasteiger partial charge in [-0.2, -0.15) is 5.10 Å². The summed E-state index contributed by atoms with van der Waals surface area (Å²) >= 11 is 1.67. The van der Waals surface area contributed by atoms with E-state index in [1.54, 1.807) is 22.3 Å². The molecule has 0 saturated carbocycles. The number of thiophene rings is 1. The first-order valence-electron chi connectivity index (χ1n) is 9.58. The Morgan fingerprint density at radius 3 is 2.74 bits per heavy atom. The molecule has 0 spiro atoms. The van der Waals surface area contributed by atoms with E-state index >= 15 is 0 Å². The van der Waals surface area contributed by atoms with Crippen LogP contribution in [0.25, 0.3) is 0 Å². The molecule has 0 saturated heterocycles. The van der Waals surface area contributed by atoms with Gasteiger partial charge < -0.3 is 5.32 Å². The molecule has 0 unspecified atom stereocenters. The number of carbonyl (C=O) groups excluding carboxylic acids is 1. The van der Waals surface area contributed by atoms with Gasteiger partial charge in [0, 0.05) is 11.4 Å². The number of nitrogens with one attached hydrogen (secondary N) is 1. The molecule has 0 atom stereocenters. The molecule has 2 heterocycles. The fraction of sp³-hybridized carbons (Fsp3) is 0.381. The Balaban J connectivity index is 1.43. The molecular weight excluding hydrogens is 356 g/mol. The highest BCUT2D eigenvalue weighted by Gasteiger charge is 2.16. The molecule has 0 aliphatic heterocycles. The fourth-order valence-electron chi connectivity index (χ4n) is 3.59. The summed E-state index contributed by atoms with van der Waals surface area (Å²) in [7, 11) is 0. The van der Waals surface area contributed by atoms with Crippen molar-refractivity contribution in [2.75, 3.05) is 0 Å². The van der Waals surface area contributed by atoms with Gasteiger partial charge in [0.15, 0.2) is 0 Å². The third-order valence-corrected chi connectivity index (χ3v) is 6.31. The summed E-state index contributed by atoms with van der Waals surface area (Å²) in [6, 6.07) is 10.3. The second kappa shape index (κ2) is 8.48. The maximum atomic E-state index is 12.7. The molecule has 0 fully saturated rings. The standard InChI is InChI=1S/C21H24N4OS/c26-21(20-11-16-7-3-1-2-4-10-19(16)27-20)23-12-17-8-5-6-9-18(17)13-25-15-22-14-24-25/h5-6,8-9,11,14-15H,1-4,7,10,12-13H2,(H,23,26). The van der Waals surface area contributed by atoms with Gasteiger partial charge in [0.05, 0.1) is 11.4 Å². The van der Waals surface area contributed by atoms with Gasteiger partial charge in [-0.15, -0.1) is 11.3 Å². The summed E-state index contributed by atoms with van der Waals surface area (Å²) in [5, 5.41) is 7.27. The number of aromatic nitrogens is 3. The number of benzene rings is 1. The first-order valence-corrected chi connectivity index (χ1v) is 10.4. The van der Waals surface area contributed by atoms with Gasteiger partial charge in [-0.25, -0.2) is 9.67 Å². The average molecular weight is 381 g/mol. The molecule has 140 valence electrons. The van der Waals surface area contributed by atoms with Crippen LogP contribution in [0.4, 0.5) is 0 Å². The van der Waals surface area contributed by atoms with Crippen LogP contribution in [0.3, 0.4) is 0 Å². The molecule has 0 radical (unpaired) electrons. The van der Waals surface area contributed by atoms with Gasteiger partial charge in [-0.1, -0.05) is 37.1 Å². The molecule has 2 aromatic heterocycles. The Hall–Kier alpha value is -2.47. The lowest BCUT2D eigenvalue weighted by molar-refractivity contribution is 0.0955. The number of fused-ring (bicyclic) bond motifs is 1. The Morgan fingerprint density at radius 2 is 1.93 bits per heavy atom. The topological polar surface area (TPSA) is 59.8 Å². The van der Waals surface area contributed by atoms with E-state index in [2.05, 4.69) is 33.6 Å². The van der Waals surface area contributed by atoms with Crippen molar-refractivity contribution in [3.63, 3.8) is 0 Å². The van der Waals surface area contributed by atoms with E-state index in [0.29, 0.717) is 13.1 Å². The lowest BCUT2D eigenvalue weighted by atomic mass is 10.00. The molecular formula is C21H24N4OS. The predicted octanol–water partition coefficient (Wildman–Crippen LogP) is 3.98. The number of hydrogen-bond donors (Lipinski definition) is 1. The molecule has 5 nitrogen and oxygen atoms in total. The van der Waals surface area contributed by atoms with Crippen molar-refractivity contribution in [2.45, 2.75) is 51.6 Å². The molecule has 1 aliphatic carbocycles. The maximum absolute atomic E-state index is 12.7. The largest absolute Gasteiger partial charge is 0.347 e. The Labute approximate surface area is 163 Å². The van der Waals surface area contributed by atoms with Crippen LogP contribution in [0.2, 0.25) is 0 Å². The second-order valence-corrected chi connectivity index (χ2v) is 8.15. The summed E-state index contributed by atoms with van der Waals surface area (Å²) < 4.78 is 1.79. The van der Waals surface area contributed by atoms with Crippen molar-refractivity contribution in [3.8, 4) is 0 Å². The van der Waals surface area contributed by atoms with Crippen LogP contribution in [-0.2, 0) is 25.9 Å². The third kappa shape index (κ3) is 4.45. The fourth-order valence-corrected chi connectivity index (χ4v) is 4.76. The summed E-state index contributed by atoms with van der Waals surface area (Å²) in [6.07, 6.45) is 10.6. The van der Waals surface area contributed by atoms with Crippen LogP contribution in [0.15, 0.2) is 43.0 Å². The molecule has 6 heteroatoms. The molecule has 0 bridgehead atoms. The first kappa shape index (κ1) is 17.9. The van der Waals surface area contributed by atoms with Crippen molar-refractivity contribution in [1.82, 2.24) is 20.1 Å². The highest BCUT2D eigenvalue weighted by atomic mass is 32.1. The number of nitrogens with zero attached hydrogens (tertiary/aromatic N) is 3. The minimum Gasteiger partial charge on any atom is -0.347 e. The van der Waals surface area contributed by atoms with Gasteiger partial charge in [0.1, 0.15) is 12.7 Å². The molecule has 1 aromatic carbocycles. The van der Waals surface area contributed by atoms with Gasteiger partial charge in [0.2, 0.25) is 0 Å². The molecule has 1 N–H and O–H groups in total. The van der Waals surface area contributed by atoms with Gasteiger partial charge >= 0.3 is 0 Å².